The number of methoxy groups -OCH3 is 1. The lowest BCUT2D eigenvalue weighted by Gasteiger charge is -2.24. The summed E-state index contributed by atoms with van der Waals surface area (Å²) in [6, 6.07) is 26.9. The predicted molar refractivity (Wildman–Crippen MR) is 136 cm³/mol. The number of benzene rings is 3. The lowest BCUT2D eigenvalue weighted by atomic mass is 9.87. The molecule has 0 fully saturated rings. The number of nitrogens with one attached hydrogen (secondary N) is 1. The summed E-state index contributed by atoms with van der Waals surface area (Å²) < 4.78 is 5.30. The molecule has 1 aromatic heterocycles. The maximum absolute atomic E-state index is 12.8. The first-order chi connectivity index (χ1) is 15.8. The summed E-state index contributed by atoms with van der Waals surface area (Å²) in [4.78, 5) is 18.2. The van der Waals surface area contributed by atoms with Gasteiger partial charge in [0.05, 0.1) is 7.11 Å². The molecule has 4 aromatic rings. The molecular weight excluding hydrogens is 408 g/mol. The number of pyridine rings is 1. The predicted octanol–water partition coefficient (Wildman–Crippen LogP) is 6.04. The van der Waals surface area contributed by atoms with Gasteiger partial charge in [0.1, 0.15) is 5.75 Å². The number of hydrogen-bond acceptors (Lipinski definition) is 3. The van der Waals surface area contributed by atoms with Gasteiger partial charge in [-0.2, -0.15) is 0 Å². The lowest BCUT2D eigenvalue weighted by Crippen LogP contribution is -2.26. The van der Waals surface area contributed by atoms with E-state index in [9.17, 15) is 4.79 Å². The van der Waals surface area contributed by atoms with Gasteiger partial charge in [0, 0.05) is 30.7 Å². The van der Waals surface area contributed by atoms with Crippen LogP contribution in [0.3, 0.4) is 0 Å². The molecule has 0 saturated carbocycles. The quantitative estimate of drug-likeness (QED) is 0.381. The van der Waals surface area contributed by atoms with Gasteiger partial charge in [0.2, 0.25) is 0 Å². The molecule has 0 aliphatic heterocycles. The minimum Gasteiger partial charge on any atom is -0.497 e. The number of H-pyrrole nitrogens is 1. The van der Waals surface area contributed by atoms with Crippen LogP contribution >= 0.6 is 0 Å². The van der Waals surface area contributed by atoms with Gasteiger partial charge in [-0.15, -0.1) is 0 Å². The van der Waals surface area contributed by atoms with Crippen LogP contribution in [0, 0.1) is 0 Å². The van der Waals surface area contributed by atoms with E-state index in [1.807, 2.05) is 42.5 Å². The van der Waals surface area contributed by atoms with Crippen molar-refractivity contribution >= 4 is 10.9 Å². The van der Waals surface area contributed by atoms with Gasteiger partial charge in [-0.3, -0.25) is 9.69 Å². The summed E-state index contributed by atoms with van der Waals surface area (Å²) in [7, 11) is 1.68. The van der Waals surface area contributed by atoms with Crippen molar-refractivity contribution in [2.75, 3.05) is 7.11 Å². The molecule has 3 aromatic carbocycles. The van der Waals surface area contributed by atoms with E-state index < -0.39 is 0 Å². The third-order valence-corrected chi connectivity index (χ3v) is 6.02. The van der Waals surface area contributed by atoms with Gasteiger partial charge in [0.15, 0.2) is 0 Å². The minimum absolute atomic E-state index is 0.0310. The van der Waals surface area contributed by atoms with E-state index in [2.05, 4.69) is 67.1 Å². The number of para-hydroxylation sites is 1. The van der Waals surface area contributed by atoms with Crippen LogP contribution in [0.5, 0.6) is 5.75 Å². The summed E-state index contributed by atoms with van der Waals surface area (Å²) in [5.41, 5.74) is 5.46. The molecule has 0 bridgehead atoms. The Hall–Kier alpha value is -3.37. The summed E-state index contributed by atoms with van der Waals surface area (Å²) in [5, 5.41) is 1.05. The second-order valence-electron chi connectivity index (χ2n) is 9.65. The van der Waals surface area contributed by atoms with Crippen molar-refractivity contribution in [2.24, 2.45) is 0 Å². The van der Waals surface area contributed by atoms with E-state index in [1.54, 1.807) is 7.11 Å². The lowest BCUT2D eigenvalue weighted by molar-refractivity contribution is 0.246. The molecule has 4 nitrogen and oxygen atoms in total. The Kier molecular flexibility index (Phi) is 6.66. The summed E-state index contributed by atoms with van der Waals surface area (Å²) in [6.45, 7) is 8.73. The van der Waals surface area contributed by atoms with Crippen molar-refractivity contribution in [3.05, 3.63) is 111 Å². The topological polar surface area (TPSA) is 45.3 Å². The van der Waals surface area contributed by atoms with E-state index in [-0.39, 0.29) is 11.0 Å². The molecule has 0 spiro atoms. The third kappa shape index (κ3) is 5.71. The molecule has 0 atom stereocenters. The number of aromatic amines is 1. The maximum Gasteiger partial charge on any atom is 0.252 e. The van der Waals surface area contributed by atoms with Gasteiger partial charge < -0.3 is 9.72 Å². The zero-order chi connectivity index (χ0) is 23.4. The summed E-state index contributed by atoms with van der Waals surface area (Å²) in [6.07, 6.45) is 0. The SMILES string of the molecule is COc1ccc(CN(Cc2ccc(C(C)(C)C)cc2)Cc2cc3ccccc3[nH]c2=O)cc1. The average Bonchev–Trinajstić information content (AvgIpc) is 2.80. The summed E-state index contributed by atoms with van der Waals surface area (Å²) >= 11 is 0. The van der Waals surface area contributed by atoms with Crippen molar-refractivity contribution in [1.82, 2.24) is 9.88 Å². The molecule has 0 aliphatic carbocycles. The number of rotatable bonds is 7. The van der Waals surface area contributed by atoms with Gasteiger partial charge in [-0.05, 0) is 51.8 Å². The van der Waals surface area contributed by atoms with Crippen LogP contribution in [-0.4, -0.2) is 17.0 Å². The van der Waals surface area contributed by atoms with E-state index in [0.29, 0.717) is 6.54 Å². The Morgan fingerprint density at radius 3 is 2.03 bits per heavy atom. The largest absolute Gasteiger partial charge is 0.497 e. The smallest absolute Gasteiger partial charge is 0.252 e. The van der Waals surface area contributed by atoms with Crippen LogP contribution in [0.2, 0.25) is 0 Å². The Bertz CT molecular complexity index is 1270. The number of aromatic nitrogens is 1. The van der Waals surface area contributed by atoms with Crippen LogP contribution in [0.15, 0.2) is 83.7 Å². The number of hydrogen-bond donors (Lipinski definition) is 1. The fraction of sp³-hybridized carbons (Fsp3) is 0.276. The molecule has 0 radical (unpaired) electrons. The molecule has 4 rings (SSSR count). The van der Waals surface area contributed by atoms with Crippen molar-refractivity contribution in [1.29, 1.82) is 0 Å². The van der Waals surface area contributed by atoms with Gasteiger partial charge in [0.25, 0.3) is 5.56 Å². The summed E-state index contributed by atoms with van der Waals surface area (Å²) in [5.74, 6) is 0.842. The molecule has 4 heteroatoms. The van der Waals surface area contributed by atoms with Crippen molar-refractivity contribution in [3.8, 4) is 5.75 Å². The highest BCUT2D eigenvalue weighted by Crippen LogP contribution is 2.23. The normalized spacial score (nSPS) is 11.8. The molecule has 1 N–H and O–H groups in total. The minimum atomic E-state index is -0.0310. The zero-order valence-corrected chi connectivity index (χ0v) is 19.9. The third-order valence-electron chi connectivity index (χ3n) is 6.02. The first-order valence-electron chi connectivity index (χ1n) is 11.4. The fourth-order valence-corrected chi connectivity index (χ4v) is 4.08. The highest BCUT2D eigenvalue weighted by atomic mass is 16.5. The molecule has 33 heavy (non-hydrogen) atoms. The molecule has 0 aliphatic rings. The molecule has 0 saturated heterocycles. The average molecular weight is 441 g/mol. The first kappa shape index (κ1) is 22.8. The Morgan fingerprint density at radius 2 is 1.42 bits per heavy atom. The maximum atomic E-state index is 12.8. The highest BCUT2D eigenvalue weighted by Gasteiger charge is 2.15. The highest BCUT2D eigenvalue weighted by molar-refractivity contribution is 5.78. The second kappa shape index (κ2) is 9.63. The Morgan fingerprint density at radius 1 is 0.818 bits per heavy atom. The fourth-order valence-electron chi connectivity index (χ4n) is 4.08. The van der Waals surface area contributed by atoms with E-state index in [1.165, 1.54) is 16.7 Å². The molecule has 170 valence electrons. The first-order valence-corrected chi connectivity index (χ1v) is 11.4. The van der Waals surface area contributed by atoms with Crippen molar-refractivity contribution in [2.45, 2.75) is 45.8 Å². The molecule has 0 amide bonds. The number of ether oxygens (including phenoxy) is 1. The molecular formula is C29H32N2O2. The van der Waals surface area contributed by atoms with Crippen LogP contribution in [0.4, 0.5) is 0 Å². The van der Waals surface area contributed by atoms with Crippen LogP contribution in [0.25, 0.3) is 10.9 Å². The second-order valence-corrected chi connectivity index (χ2v) is 9.65. The Labute approximate surface area is 195 Å². The van der Waals surface area contributed by atoms with Crippen LogP contribution in [0.1, 0.15) is 43.0 Å². The van der Waals surface area contributed by atoms with Gasteiger partial charge in [-0.25, -0.2) is 0 Å². The van der Waals surface area contributed by atoms with E-state index in [4.69, 9.17) is 4.74 Å². The standard InChI is InChI=1S/C29H32N2O2/c1-29(2,3)25-13-9-21(10-14-25)18-31(19-22-11-15-26(33-4)16-12-22)20-24-17-23-7-5-6-8-27(23)30-28(24)32/h5-17H,18-20H2,1-4H3,(H,30,32). The number of fused-ring (bicyclic) bond motifs is 1. The number of nitrogens with zero attached hydrogens (tertiary/aromatic N) is 1. The van der Waals surface area contributed by atoms with Crippen molar-refractivity contribution in [3.63, 3.8) is 0 Å². The zero-order valence-electron chi connectivity index (χ0n) is 19.9. The monoisotopic (exact) mass is 440 g/mol. The van der Waals surface area contributed by atoms with E-state index >= 15 is 0 Å². The van der Waals surface area contributed by atoms with Crippen molar-refractivity contribution < 1.29 is 4.74 Å². The van der Waals surface area contributed by atoms with Crippen LogP contribution < -0.4 is 10.3 Å². The molecule has 1 heterocycles. The van der Waals surface area contributed by atoms with E-state index in [0.717, 1.165) is 35.3 Å². The van der Waals surface area contributed by atoms with Gasteiger partial charge in [-0.1, -0.05) is 75.4 Å². The molecule has 0 unspecified atom stereocenters. The van der Waals surface area contributed by atoms with Crippen LogP contribution in [-0.2, 0) is 25.0 Å². The van der Waals surface area contributed by atoms with Gasteiger partial charge >= 0.3 is 0 Å². The Balaban J connectivity index is 1.62.